The van der Waals surface area contributed by atoms with Gasteiger partial charge >= 0.3 is 6.18 Å². The standard InChI is InChI=1S/C21H21F3N4O/c1-14-25-16-6-2-3-7-19(16)28(14)13-20(29)26-17-12-15(21(22,23)24)8-9-18(17)27-10-4-5-11-27/h2-3,6-9,12H,4-5,10-11,13H2,1H3,(H,26,29). The first kappa shape index (κ1) is 19.3. The molecule has 0 unspecified atom stereocenters. The van der Waals surface area contributed by atoms with E-state index in [1.54, 1.807) is 11.5 Å². The quantitative estimate of drug-likeness (QED) is 0.694. The molecule has 1 saturated heterocycles. The van der Waals surface area contributed by atoms with Crippen molar-refractivity contribution >= 4 is 28.3 Å². The molecular formula is C21H21F3N4O. The number of nitrogens with zero attached hydrogens (tertiary/aromatic N) is 3. The van der Waals surface area contributed by atoms with Crippen molar-refractivity contribution in [1.82, 2.24) is 9.55 Å². The van der Waals surface area contributed by atoms with Crippen LogP contribution in [0.15, 0.2) is 42.5 Å². The number of amides is 1. The van der Waals surface area contributed by atoms with Crippen molar-refractivity contribution < 1.29 is 18.0 Å². The van der Waals surface area contributed by atoms with Gasteiger partial charge in [0.25, 0.3) is 0 Å². The van der Waals surface area contributed by atoms with E-state index >= 15 is 0 Å². The number of carbonyl (C=O) groups excluding carboxylic acids is 1. The molecule has 0 radical (unpaired) electrons. The van der Waals surface area contributed by atoms with Gasteiger partial charge in [0.15, 0.2) is 0 Å². The molecule has 1 N–H and O–H groups in total. The van der Waals surface area contributed by atoms with Gasteiger partial charge in [-0.25, -0.2) is 4.98 Å². The fourth-order valence-corrected chi connectivity index (χ4v) is 3.78. The van der Waals surface area contributed by atoms with Crippen LogP contribution in [-0.4, -0.2) is 28.5 Å². The third-order valence-corrected chi connectivity index (χ3v) is 5.19. The Morgan fingerprint density at radius 3 is 2.59 bits per heavy atom. The Kier molecular flexibility index (Phi) is 4.94. The van der Waals surface area contributed by atoms with E-state index in [0.29, 0.717) is 11.5 Å². The maximum absolute atomic E-state index is 13.2. The summed E-state index contributed by atoms with van der Waals surface area (Å²) >= 11 is 0. The molecule has 1 aromatic heterocycles. The average molecular weight is 402 g/mol. The third kappa shape index (κ3) is 3.92. The second-order valence-corrected chi connectivity index (χ2v) is 7.21. The van der Waals surface area contributed by atoms with Gasteiger partial charge < -0.3 is 14.8 Å². The number of hydrogen-bond donors (Lipinski definition) is 1. The Balaban J connectivity index is 1.63. The molecule has 0 atom stereocenters. The Bertz CT molecular complexity index is 1050. The molecule has 29 heavy (non-hydrogen) atoms. The summed E-state index contributed by atoms with van der Waals surface area (Å²) in [5, 5.41) is 2.70. The smallest absolute Gasteiger partial charge is 0.370 e. The van der Waals surface area contributed by atoms with Crippen molar-refractivity contribution in [2.75, 3.05) is 23.3 Å². The molecule has 5 nitrogen and oxygen atoms in total. The second kappa shape index (κ2) is 7.42. The van der Waals surface area contributed by atoms with Crippen molar-refractivity contribution in [3.05, 3.63) is 53.9 Å². The highest BCUT2D eigenvalue weighted by atomic mass is 19.4. The van der Waals surface area contributed by atoms with E-state index in [2.05, 4.69) is 10.3 Å². The first-order valence-corrected chi connectivity index (χ1v) is 9.51. The number of anilines is 2. The van der Waals surface area contributed by atoms with Crippen LogP contribution in [0.1, 0.15) is 24.2 Å². The number of halogens is 3. The SMILES string of the molecule is Cc1nc2ccccc2n1CC(=O)Nc1cc(C(F)(F)F)ccc1N1CCCC1. The number of nitrogens with one attached hydrogen (secondary N) is 1. The third-order valence-electron chi connectivity index (χ3n) is 5.19. The number of imidazole rings is 1. The summed E-state index contributed by atoms with van der Waals surface area (Å²) in [6.07, 6.45) is -2.51. The zero-order chi connectivity index (χ0) is 20.6. The van der Waals surface area contributed by atoms with Gasteiger partial charge in [0.2, 0.25) is 5.91 Å². The van der Waals surface area contributed by atoms with E-state index < -0.39 is 17.6 Å². The van der Waals surface area contributed by atoms with Crippen molar-refractivity contribution in [2.24, 2.45) is 0 Å². The number of alkyl halides is 3. The van der Waals surface area contributed by atoms with Gasteiger partial charge in [-0.2, -0.15) is 13.2 Å². The lowest BCUT2D eigenvalue weighted by Crippen LogP contribution is -2.24. The molecule has 0 bridgehead atoms. The normalized spacial score (nSPS) is 14.6. The molecule has 8 heteroatoms. The van der Waals surface area contributed by atoms with Gasteiger partial charge in [-0.1, -0.05) is 12.1 Å². The van der Waals surface area contributed by atoms with Gasteiger partial charge in [0.1, 0.15) is 12.4 Å². The predicted octanol–water partition coefficient (Wildman–Crippen LogP) is 4.60. The molecule has 1 aliphatic rings. The van der Waals surface area contributed by atoms with Crippen molar-refractivity contribution in [1.29, 1.82) is 0 Å². The minimum Gasteiger partial charge on any atom is -0.370 e. The Morgan fingerprint density at radius 2 is 1.86 bits per heavy atom. The van der Waals surface area contributed by atoms with Crippen LogP contribution in [0.25, 0.3) is 11.0 Å². The lowest BCUT2D eigenvalue weighted by Gasteiger charge is -2.23. The Morgan fingerprint density at radius 1 is 1.14 bits per heavy atom. The monoisotopic (exact) mass is 402 g/mol. The minimum atomic E-state index is -4.47. The summed E-state index contributed by atoms with van der Waals surface area (Å²) in [6, 6.07) is 11.0. The van der Waals surface area contributed by atoms with Gasteiger partial charge in [-0.05, 0) is 50.1 Å². The number of benzene rings is 2. The molecule has 4 rings (SSSR count). The lowest BCUT2D eigenvalue weighted by molar-refractivity contribution is -0.137. The molecule has 1 fully saturated rings. The van der Waals surface area contributed by atoms with E-state index in [0.717, 1.165) is 49.1 Å². The fraction of sp³-hybridized carbons (Fsp3) is 0.333. The number of carbonyl (C=O) groups is 1. The lowest BCUT2D eigenvalue weighted by atomic mass is 10.1. The molecule has 152 valence electrons. The molecule has 2 heterocycles. The highest BCUT2D eigenvalue weighted by molar-refractivity contribution is 5.95. The summed E-state index contributed by atoms with van der Waals surface area (Å²) in [4.78, 5) is 19.2. The van der Waals surface area contributed by atoms with E-state index in [1.807, 2.05) is 29.2 Å². The van der Waals surface area contributed by atoms with E-state index in [9.17, 15) is 18.0 Å². The minimum absolute atomic E-state index is 0.0258. The summed E-state index contributed by atoms with van der Waals surface area (Å²) in [5.74, 6) is 0.279. The highest BCUT2D eigenvalue weighted by Crippen LogP contribution is 2.36. The van der Waals surface area contributed by atoms with Crippen molar-refractivity contribution in [3.63, 3.8) is 0 Å². The number of rotatable bonds is 4. The zero-order valence-corrected chi connectivity index (χ0v) is 16.0. The Labute approximate surface area is 166 Å². The zero-order valence-electron chi connectivity index (χ0n) is 16.0. The fourth-order valence-electron chi connectivity index (χ4n) is 3.78. The van der Waals surface area contributed by atoms with Crippen molar-refractivity contribution in [3.8, 4) is 0 Å². The molecule has 1 aliphatic heterocycles. The average Bonchev–Trinajstić information content (AvgIpc) is 3.30. The number of aryl methyl sites for hydroxylation is 1. The maximum Gasteiger partial charge on any atom is 0.416 e. The van der Waals surface area contributed by atoms with Crippen LogP contribution >= 0.6 is 0 Å². The molecule has 0 spiro atoms. The van der Waals surface area contributed by atoms with E-state index in [-0.39, 0.29) is 12.2 Å². The van der Waals surface area contributed by atoms with Gasteiger partial charge in [0.05, 0.1) is 28.0 Å². The first-order valence-electron chi connectivity index (χ1n) is 9.51. The largest absolute Gasteiger partial charge is 0.416 e. The van der Waals surface area contributed by atoms with Crippen LogP contribution in [0, 0.1) is 6.92 Å². The number of hydrogen-bond acceptors (Lipinski definition) is 3. The maximum atomic E-state index is 13.2. The molecular weight excluding hydrogens is 381 g/mol. The summed E-state index contributed by atoms with van der Waals surface area (Å²) in [6.45, 7) is 3.30. The first-order chi connectivity index (χ1) is 13.8. The predicted molar refractivity (Wildman–Crippen MR) is 106 cm³/mol. The van der Waals surface area contributed by atoms with Gasteiger partial charge in [-0.15, -0.1) is 0 Å². The summed E-state index contributed by atoms with van der Waals surface area (Å²) in [5.41, 5.74) is 1.61. The van der Waals surface area contributed by atoms with Crippen LogP contribution in [0.4, 0.5) is 24.5 Å². The molecule has 0 aliphatic carbocycles. The number of para-hydroxylation sites is 2. The molecule has 1 amide bonds. The van der Waals surface area contributed by atoms with Crippen LogP contribution in [0.2, 0.25) is 0 Å². The summed E-state index contributed by atoms with van der Waals surface area (Å²) in [7, 11) is 0. The van der Waals surface area contributed by atoms with E-state index in [4.69, 9.17) is 0 Å². The second-order valence-electron chi connectivity index (χ2n) is 7.21. The van der Waals surface area contributed by atoms with Crippen LogP contribution in [0.3, 0.4) is 0 Å². The number of fused-ring (bicyclic) bond motifs is 1. The van der Waals surface area contributed by atoms with Crippen LogP contribution in [0.5, 0.6) is 0 Å². The van der Waals surface area contributed by atoms with E-state index in [1.165, 1.54) is 6.07 Å². The molecule has 2 aromatic carbocycles. The summed E-state index contributed by atoms with van der Waals surface area (Å²) < 4.78 is 41.4. The number of aromatic nitrogens is 2. The highest BCUT2D eigenvalue weighted by Gasteiger charge is 2.32. The van der Waals surface area contributed by atoms with Crippen LogP contribution in [-0.2, 0) is 17.5 Å². The van der Waals surface area contributed by atoms with Gasteiger partial charge in [0, 0.05) is 13.1 Å². The van der Waals surface area contributed by atoms with Gasteiger partial charge in [-0.3, -0.25) is 4.79 Å². The van der Waals surface area contributed by atoms with Crippen molar-refractivity contribution in [2.45, 2.75) is 32.5 Å². The topological polar surface area (TPSA) is 50.2 Å². The Hall–Kier alpha value is -3.03. The van der Waals surface area contributed by atoms with Crippen LogP contribution < -0.4 is 10.2 Å². The molecule has 3 aromatic rings. The molecule has 0 saturated carbocycles.